The number of hydrogen-bond donors (Lipinski definition) is 0. The van der Waals surface area contributed by atoms with Gasteiger partial charge < -0.3 is 4.74 Å². The molecule has 0 N–H and O–H groups in total. The molecule has 4 heteroatoms. The third kappa shape index (κ3) is 4.68. The molecule has 1 heterocycles. The molecule has 1 aliphatic rings. The fraction of sp³-hybridized carbons (Fsp3) is 0.591. The lowest BCUT2D eigenvalue weighted by Gasteiger charge is -2.30. The first kappa shape index (κ1) is 21.0. The van der Waals surface area contributed by atoms with E-state index in [0.717, 1.165) is 67.9 Å². The van der Waals surface area contributed by atoms with Crippen LogP contribution in [0.5, 0.6) is 0 Å². The molecule has 0 saturated carbocycles. The summed E-state index contributed by atoms with van der Waals surface area (Å²) < 4.78 is 5.20. The summed E-state index contributed by atoms with van der Waals surface area (Å²) in [5.41, 5.74) is 0.909. The van der Waals surface area contributed by atoms with Crippen LogP contribution in [-0.4, -0.2) is 35.7 Å². The molecule has 0 aliphatic carbocycles. The molecule has 1 aromatic carbocycles. The normalized spacial score (nSPS) is 17.7. The molecular formula is C22H33O3P. The van der Waals surface area contributed by atoms with E-state index in [1.165, 1.54) is 0 Å². The number of esters is 2. The van der Waals surface area contributed by atoms with Gasteiger partial charge in [0.2, 0.25) is 0 Å². The number of unbranched alkanes of at least 4 members (excludes halogenated alkanes) is 3. The molecule has 1 fully saturated rings. The summed E-state index contributed by atoms with van der Waals surface area (Å²) in [5.74, 6) is -1.19. The Kier molecular flexibility index (Phi) is 8.15. The van der Waals surface area contributed by atoms with Gasteiger partial charge in [-0.25, -0.2) is 4.79 Å². The van der Waals surface area contributed by atoms with Gasteiger partial charge in [-0.1, -0.05) is 77.3 Å². The van der Waals surface area contributed by atoms with Crippen molar-refractivity contribution >= 4 is 24.1 Å². The maximum Gasteiger partial charge on any atom is 0.343 e. The molecule has 0 aromatic heterocycles. The van der Waals surface area contributed by atoms with Gasteiger partial charge in [-0.15, -0.1) is 0 Å². The second kappa shape index (κ2) is 10.1. The van der Waals surface area contributed by atoms with E-state index in [4.69, 9.17) is 4.74 Å². The smallest absolute Gasteiger partial charge is 0.343 e. The van der Waals surface area contributed by atoms with Crippen molar-refractivity contribution in [2.24, 2.45) is 0 Å². The Morgan fingerprint density at radius 1 is 0.846 bits per heavy atom. The van der Waals surface area contributed by atoms with Crippen molar-refractivity contribution in [2.75, 3.05) is 18.5 Å². The zero-order chi connectivity index (χ0) is 19.0. The molecule has 1 aliphatic heterocycles. The Balaban J connectivity index is 2.64. The average molecular weight is 376 g/mol. The predicted molar refractivity (Wildman–Crippen MR) is 112 cm³/mol. The second-order valence-corrected chi connectivity index (χ2v) is 11.4. The van der Waals surface area contributed by atoms with E-state index in [1.54, 1.807) is 0 Å². The molecule has 1 aromatic rings. The minimum atomic E-state index is -1.69. The molecule has 0 spiro atoms. The zero-order valence-electron chi connectivity index (χ0n) is 16.5. The minimum absolute atomic E-state index is 0.333. The van der Waals surface area contributed by atoms with E-state index in [1.807, 2.05) is 30.3 Å². The summed E-state index contributed by atoms with van der Waals surface area (Å²) in [6, 6.07) is 9.73. The number of rotatable bonds is 10. The first-order valence-electron chi connectivity index (χ1n) is 10.1. The highest BCUT2D eigenvalue weighted by Gasteiger charge is 2.45. The third-order valence-corrected chi connectivity index (χ3v) is 10.4. The Labute approximate surface area is 158 Å². The van der Waals surface area contributed by atoms with E-state index < -0.39 is 12.8 Å². The molecule has 0 radical (unpaired) electrons. The van der Waals surface area contributed by atoms with E-state index >= 15 is 0 Å². The highest BCUT2D eigenvalue weighted by atomic mass is 31.2. The van der Waals surface area contributed by atoms with Crippen molar-refractivity contribution in [2.45, 2.75) is 65.2 Å². The van der Waals surface area contributed by atoms with Crippen LogP contribution in [0.3, 0.4) is 0 Å². The Morgan fingerprint density at radius 3 is 1.81 bits per heavy atom. The van der Waals surface area contributed by atoms with Crippen LogP contribution in [0.4, 0.5) is 0 Å². The van der Waals surface area contributed by atoms with Gasteiger partial charge in [0.15, 0.2) is 0 Å². The molecular weight excluding hydrogens is 343 g/mol. The molecule has 0 bridgehead atoms. The Morgan fingerprint density at radius 2 is 1.35 bits per heavy atom. The van der Waals surface area contributed by atoms with Gasteiger partial charge in [0.25, 0.3) is 0 Å². The number of carbonyl (C=O) groups is 2. The van der Waals surface area contributed by atoms with Gasteiger partial charge in [0.05, 0.1) is 5.29 Å². The molecule has 0 amide bonds. The van der Waals surface area contributed by atoms with Crippen LogP contribution in [0.2, 0.25) is 0 Å². The van der Waals surface area contributed by atoms with Crippen LogP contribution in [0.25, 0.3) is 0 Å². The fourth-order valence-corrected chi connectivity index (χ4v) is 9.31. The lowest BCUT2D eigenvalue weighted by atomic mass is 9.98. The number of cyclic esters (lactones) is 2. The van der Waals surface area contributed by atoms with Crippen molar-refractivity contribution in [1.29, 1.82) is 0 Å². The largest absolute Gasteiger partial charge is 0.389 e. The number of hydrogen-bond acceptors (Lipinski definition) is 3. The van der Waals surface area contributed by atoms with Crippen molar-refractivity contribution in [3.63, 3.8) is 0 Å². The summed E-state index contributed by atoms with van der Waals surface area (Å²) in [6.45, 7) is 4.91. The number of carbonyl (C=O) groups excluding carboxylic acids is 2. The van der Waals surface area contributed by atoms with Crippen LogP contribution in [0, 0.1) is 0 Å². The van der Waals surface area contributed by atoms with Crippen LogP contribution < -0.4 is 0 Å². The maximum atomic E-state index is 12.9. The number of ether oxygens (including phenoxy) is 1. The van der Waals surface area contributed by atoms with Crippen LogP contribution in [-0.2, 0) is 14.3 Å². The monoisotopic (exact) mass is 376 g/mol. The molecule has 26 heavy (non-hydrogen) atoms. The lowest BCUT2D eigenvalue weighted by molar-refractivity contribution is -0.151. The highest BCUT2D eigenvalue weighted by molar-refractivity contribution is 7.78. The van der Waals surface area contributed by atoms with E-state index in [9.17, 15) is 9.59 Å². The van der Waals surface area contributed by atoms with E-state index in [2.05, 4.69) is 20.8 Å². The van der Waals surface area contributed by atoms with Gasteiger partial charge >= 0.3 is 11.9 Å². The van der Waals surface area contributed by atoms with Crippen LogP contribution >= 0.6 is 6.89 Å². The van der Waals surface area contributed by atoms with Crippen molar-refractivity contribution in [3.05, 3.63) is 35.9 Å². The molecule has 1 atom stereocenters. The average Bonchev–Trinajstić information content (AvgIpc) is 2.97. The summed E-state index contributed by atoms with van der Waals surface area (Å²) in [6.07, 6.45) is 9.93. The molecule has 1 saturated heterocycles. The molecule has 3 nitrogen and oxygen atoms in total. The second-order valence-electron chi connectivity index (χ2n) is 7.31. The summed E-state index contributed by atoms with van der Waals surface area (Å²) in [5, 5.41) is 0.837. The van der Waals surface area contributed by atoms with Crippen LogP contribution in [0.15, 0.2) is 30.3 Å². The summed E-state index contributed by atoms with van der Waals surface area (Å²) in [4.78, 5) is 25.5. The topological polar surface area (TPSA) is 43.4 Å². The number of benzene rings is 1. The van der Waals surface area contributed by atoms with Crippen molar-refractivity contribution in [3.8, 4) is 0 Å². The fourth-order valence-electron chi connectivity index (χ4n) is 3.92. The first-order chi connectivity index (χ1) is 12.6. The van der Waals surface area contributed by atoms with Crippen molar-refractivity contribution < 1.29 is 14.3 Å². The van der Waals surface area contributed by atoms with Gasteiger partial charge in [-0.3, -0.25) is 4.79 Å². The predicted octanol–water partition coefficient (Wildman–Crippen LogP) is 5.44. The maximum absolute atomic E-state index is 12.9. The Bertz CT molecular complexity index is 635. The van der Waals surface area contributed by atoms with E-state index in [-0.39, 0.29) is 11.9 Å². The minimum Gasteiger partial charge on any atom is -0.389 e. The van der Waals surface area contributed by atoms with Gasteiger partial charge in [0.1, 0.15) is 5.92 Å². The van der Waals surface area contributed by atoms with Gasteiger partial charge in [-0.05, 0) is 43.3 Å². The summed E-state index contributed by atoms with van der Waals surface area (Å²) >= 11 is 0. The highest BCUT2D eigenvalue weighted by Crippen LogP contribution is 2.55. The Hall–Kier alpha value is -1.34. The standard InChI is InChI=1S/C22H33O3P/c1-4-7-15-26(16-8-5-2,17-9-6-3)20-19(21(23)25-22(20)24)18-13-11-10-12-14-18/h10-14,19H,4-9,15-17H2,1-3H3. The third-order valence-electron chi connectivity index (χ3n) is 5.37. The van der Waals surface area contributed by atoms with Crippen LogP contribution in [0.1, 0.15) is 70.8 Å². The molecule has 2 rings (SSSR count). The lowest BCUT2D eigenvalue weighted by Crippen LogP contribution is -2.22. The summed E-state index contributed by atoms with van der Waals surface area (Å²) in [7, 11) is 0. The SMILES string of the molecule is CCCCP(CCCC)(CCCC)=C1C(=O)OC(=O)C1c1ccccc1. The zero-order valence-corrected chi connectivity index (χ0v) is 17.4. The van der Waals surface area contributed by atoms with Gasteiger partial charge in [0, 0.05) is 0 Å². The molecule has 1 unspecified atom stereocenters. The van der Waals surface area contributed by atoms with Crippen molar-refractivity contribution in [1.82, 2.24) is 0 Å². The van der Waals surface area contributed by atoms with Gasteiger partial charge in [-0.2, -0.15) is 0 Å². The first-order valence-corrected chi connectivity index (χ1v) is 12.5. The quantitative estimate of drug-likeness (QED) is 0.310. The molecule has 144 valence electrons. The van der Waals surface area contributed by atoms with E-state index in [0.29, 0.717) is 0 Å².